The second-order valence-electron chi connectivity index (χ2n) is 5.10. The molecule has 0 amide bonds. The van der Waals surface area contributed by atoms with Gasteiger partial charge in [0.1, 0.15) is 11.3 Å². The standard InChI is InChI=1S/C12H13/c1-11-7-8-6-10(11)12(11)5-3-2-4-9(8)12/h2-5,7-10H,6H2,1H3/q+1. The fourth-order valence-electron chi connectivity index (χ4n) is 4.59. The van der Waals surface area contributed by atoms with E-state index in [9.17, 15) is 0 Å². The zero-order valence-electron chi connectivity index (χ0n) is 7.33. The van der Waals surface area contributed by atoms with Crippen molar-refractivity contribution in [3.8, 4) is 0 Å². The lowest BCUT2D eigenvalue weighted by Gasteiger charge is -2.15. The lowest BCUT2D eigenvalue weighted by atomic mass is 9.84. The summed E-state index contributed by atoms with van der Waals surface area (Å²) >= 11 is 0. The van der Waals surface area contributed by atoms with E-state index in [1.807, 2.05) is 0 Å². The van der Waals surface area contributed by atoms with Gasteiger partial charge in [0.15, 0.2) is 0 Å². The number of hydrogen-bond donors (Lipinski definition) is 0. The SMILES string of the molecule is CC12[CH+]C3CC1C21C=CC=CC31. The summed E-state index contributed by atoms with van der Waals surface area (Å²) in [6.45, 7) is 2.46. The van der Waals surface area contributed by atoms with Crippen LogP contribution in [0.3, 0.4) is 0 Å². The van der Waals surface area contributed by atoms with E-state index in [4.69, 9.17) is 0 Å². The highest BCUT2D eigenvalue weighted by molar-refractivity contribution is 5.48. The lowest BCUT2D eigenvalue weighted by Crippen LogP contribution is -2.13. The molecule has 5 aliphatic rings. The molecule has 1 spiro atoms. The van der Waals surface area contributed by atoms with Crippen LogP contribution >= 0.6 is 0 Å². The van der Waals surface area contributed by atoms with Gasteiger partial charge in [0.05, 0.1) is 11.8 Å². The van der Waals surface area contributed by atoms with Crippen molar-refractivity contribution >= 4 is 0 Å². The Kier molecular flexibility index (Phi) is 0.641. The molecule has 0 heterocycles. The Morgan fingerprint density at radius 1 is 1.42 bits per heavy atom. The van der Waals surface area contributed by atoms with Crippen LogP contribution in [0.4, 0.5) is 0 Å². The first kappa shape index (κ1) is 5.90. The maximum absolute atomic E-state index is 2.64. The average molecular weight is 157 g/mol. The van der Waals surface area contributed by atoms with E-state index < -0.39 is 0 Å². The monoisotopic (exact) mass is 157 g/mol. The largest absolute Gasteiger partial charge is 0.120 e. The Bertz CT molecular complexity index is 325. The highest BCUT2D eigenvalue weighted by Crippen LogP contribution is 2.89. The van der Waals surface area contributed by atoms with Gasteiger partial charge in [-0.1, -0.05) is 24.3 Å². The van der Waals surface area contributed by atoms with Crippen LogP contribution in [-0.4, -0.2) is 0 Å². The van der Waals surface area contributed by atoms with Crippen LogP contribution < -0.4 is 0 Å². The summed E-state index contributed by atoms with van der Waals surface area (Å²) in [5, 5.41) is 0. The zero-order chi connectivity index (χ0) is 7.97. The molecule has 0 N–H and O–H groups in total. The van der Waals surface area contributed by atoms with Crippen molar-refractivity contribution in [3.63, 3.8) is 0 Å². The van der Waals surface area contributed by atoms with E-state index in [-0.39, 0.29) is 0 Å². The highest BCUT2D eigenvalue weighted by atomic mass is 14.9. The topological polar surface area (TPSA) is 0 Å². The Labute approximate surface area is 73.4 Å². The second kappa shape index (κ2) is 1.30. The molecular formula is C12H13+. The molecule has 60 valence electrons. The maximum atomic E-state index is 2.64. The molecule has 5 rings (SSSR count). The van der Waals surface area contributed by atoms with Crippen molar-refractivity contribution < 1.29 is 0 Å². The number of rotatable bonds is 0. The minimum absolute atomic E-state index is 0.601. The van der Waals surface area contributed by atoms with Crippen LogP contribution in [0.25, 0.3) is 0 Å². The molecule has 0 aromatic carbocycles. The third kappa shape index (κ3) is 0.317. The van der Waals surface area contributed by atoms with Crippen molar-refractivity contribution in [2.75, 3.05) is 0 Å². The van der Waals surface area contributed by atoms with Crippen molar-refractivity contribution in [1.29, 1.82) is 0 Å². The van der Waals surface area contributed by atoms with E-state index in [1.54, 1.807) is 0 Å². The molecule has 0 aromatic heterocycles. The van der Waals surface area contributed by atoms with Crippen LogP contribution in [0, 0.1) is 35.0 Å². The molecule has 4 fully saturated rings. The molecule has 0 saturated heterocycles. The lowest BCUT2D eigenvalue weighted by molar-refractivity contribution is 0.427. The molecule has 12 heavy (non-hydrogen) atoms. The van der Waals surface area contributed by atoms with Gasteiger partial charge in [-0.2, -0.15) is 0 Å². The van der Waals surface area contributed by atoms with Gasteiger partial charge in [-0.15, -0.1) is 0 Å². The van der Waals surface area contributed by atoms with Crippen molar-refractivity contribution in [3.05, 3.63) is 30.7 Å². The second-order valence-corrected chi connectivity index (χ2v) is 5.10. The molecule has 5 aliphatic carbocycles. The van der Waals surface area contributed by atoms with Crippen LogP contribution in [0.2, 0.25) is 0 Å². The van der Waals surface area contributed by atoms with Gasteiger partial charge in [0, 0.05) is 11.8 Å². The first-order valence-electron chi connectivity index (χ1n) is 5.01. The van der Waals surface area contributed by atoms with Gasteiger partial charge in [-0.25, -0.2) is 0 Å². The minimum atomic E-state index is 0.601. The van der Waals surface area contributed by atoms with Crippen LogP contribution in [-0.2, 0) is 0 Å². The summed E-state index contributed by atoms with van der Waals surface area (Å²) < 4.78 is 0. The zero-order valence-corrected chi connectivity index (χ0v) is 7.33. The molecule has 5 atom stereocenters. The van der Waals surface area contributed by atoms with Gasteiger partial charge >= 0.3 is 0 Å². The maximum Gasteiger partial charge on any atom is 0.120 e. The van der Waals surface area contributed by atoms with Gasteiger partial charge < -0.3 is 0 Å². The van der Waals surface area contributed by atoms with E-state index in [0.717, 1.165) is 17.8 Å². The predicted molar refractivity (Wildman–Crippen MR) is 48.2 cm³/mol. The van der Waals surface area contributed by atoms with Gasteiger partial charge in [-0.3, -0.25) is 0 Å². The summed E-state index contributed by atoms with van der Waals surface area (Å²) in [5.41, 5.74) is 1.20. The third-order valence-electron chi connectivity index (χ3n) is 5.03. The molecular weight excluding hydrogens is 144 g/mol. The van der Waals surface area contributed by atoms with E-state index in [0.29, 0.717) is 10.8 Å². The van der Waals surface area contributed by atoms with Crippen LogP contribution in [0.15, 0.2) is 24.3 Å². The first-order valence-corrected chi connectivity index (χ1v) is 5.01. The Balaban J connectivity index is 1.99. The normalized spacial score (nSPS) is 67.9. The molecule has 0 heteroatoms. The van der Waals surface area contributed by atoms with E-state index >= 15 is 0 Å². The van der Waals surface area contributed by atoms with Gasteiger partial charge in [0.2, 0.25) is 0 Å². The van der Waals surface area contributed by atoms with Crippen molar-refractivity contribution in [2.24, 2.45) is 28.6 Å². The average Bonchev–Trinajstić information content (AvgIpc) is 2.51. The molecule has 0 nitrogen and oxygen atoms in total. The minimum Gasteiger partial charge on any atom is -0.0759 e. The molecule has 0 radical (unpaired) electrons. The smallest absolute Gasteiger partial charge is 0.0759 e. The van der Waals surface area contributed by atoms with E-state index in [2.05, 4.69) is 37.6 Å². The highest BCUT2D eigenvalue weighted by Gasteiger charge is 2.92. The predicted octanol–water partition coefficient (Wildman–Crippen LogP) is 2.59. The molecule has 4 bridgehead atoms. The quantitative estimate of drug-likeness (QED) is 0.474. The summed E-state index contributed by atoms with van der Waals surface area (Å²) in [6, 6.07) is 0. The first-order chi connectivity index (χ1) is 5.79. The summed E-state index contributed by atoms with van der Waals surface area (Å²) in [4.78, 5) is 0. The number of allylic oxidation sites excluding steroid dienone is 4. The Hall–Kier alpha value is -0.650. The molecule has 4 saturated carbocycles. The Morgan fingerprint density at radius 3 is 3.00 bits per heavy atom. The summed E-state index contributed by atoms with van der Waals surface area (Å²) in [5.74, 6) is 2.79. The fraction of sp³-hybridized carbons (Fsp3) is 0.583. The van der Waals surface area contributed by atoms with Crippen LogP contribution in [0.5, 0.6) is 0 Å². The molecule has 5 unspecified atom stereocenters. The molecule has 0 aromatic rings. The van der Waals surface area contributed by atoms with Gasteiger partial charge in [-0.05, 0) is 13.3 Å². The number of hydrogen-bond acceptors (Lipinski definition) is 0. The van der Waals surface area contributed by atoms with Gasteiger partial charge in [0.25, 0.3) is 0 Å². The summed E-state index contributed by atoms with van der Waals surface area (Å²) in [6.07, 6.45) is 13.5. The fourth-order valence-corrected chi connectivity index (χ4v) is 4.59. The molecule has 0 aliphatic heterocycles. The van der Waals surface area contributed by atoms with E-state index in [1.165, 1.54) is 6.42 Å². The summed E-state index contributed by atoms with van der Waals surface area (Å²) in [7, 11) is 0. The Morgan fingerprint density at radius 2 is 2.33 bits per heavy atom. The third-order valence-corrected chi connectivity index (χ3v) is 5.03. The van der Waals surface area contributed by atoms with Crippen LogP contribution in [0.1, 0.15) is 13.3 Å². The van der Waals surface area contributed by atoms with Crippen molar-refractivity contribution in [2.45, 2.75) is 13.3 Å². The van der Waals surface area contributed by atoms with Crippen molar-refractivity contribution in [1.82, 2.24) is 0 Å².